The molecule has 5 nitrogen and oxygen atoms in total. The molecule has 100 valence electrons. The lowest BCUT2D eigenvalue weighted by molar-refractivity contribution is 0.0926. The van der Waals surface area contributed by atoms with Gasteiger partial charge in [0, 0.05) is 25.7 Å². The molecule has 0 radical (unpaired) electrons. The van der Waals surface area contributed by atoms with Gasteiger partial charge in [0.25, 0.3) is 0 Å². The molecule has 18 heavy (non-hydrogen) atoms. The highest BCUT2D eigenvalue weighted by atomic mass is 16.5. The number of methoxy groups -OCH3 is 4. The standard InChI is InChI=1S/C13H18O5/c1-15-6-5-10(14)13-11(17-3)7-9(16-2)8-12(13)18-4/h7-8H,5-6H2,1-4H3. The van der Waals surface area contributed by atoms with Crippen molar-refractivity contribution in [3.63, 3.8) is 0 Å². The molecule has 0 aliphatic rings. The van der Waals surface area contributed by atoms with Crippen LogP contribution in [0.15, 0.2) is 12.1 Å². The first kappa shape index (κ1) is 14.3. The molecule has 0 atom stereocenters. The molecule has 0 saturated carbocycles. The Hall–Kier alpha value is -1.75. The molecule has 0 bridgehead atoms. The molecule has 0 aromatic heterocycles. The number of hydrogen-bond donors (Lipinski definition) is 0. The first-order valence-corrected chi connectivity index (χ1v) is 5.50. The van der Waals surface area contributed by atoms with Crippen LogP contribution in [0.2, 0.25) is 0 Å². The van der Waals surface area contributed by atoms with Crippen molar-refractivity contribution in [2.45, 2.75) is 6.42 Å². The van der Waals surface area contributed by atoms with Gasteiger partial charge in [-0.05, 0) is 0 Å². The molecule has 0 heterocycles. The van der Waals surface area contributed by atoms with E-state index < -0.39 is 0 Å². The molecule has 1 rings (SSSR count). The van der Waals surface area contributed by atoms with E-state index in [4.69, 9.17) is 18.9 Å². The van der Waals surface area contributed by atoms with E-state index in [1.807, 2.05) is 0 Å². The molecule has 1 aromatic rings. The van der Waals surface area contributed by atoms with Gasteiger partial charge in [-0.3, -0.25) is 4.79 Å². The molecular weight excluding hydrogens is 236 g/mol. The van der Waals surface area contributed by atoms with Crippen LogP contribution in [0.5, 0.6) is 17.2 Å². The van der Waals surface area contributed by atoms with Gasteiger partial charge in [-0.25, -0.2) is 0 Å². The highest BCUT2D eigenvalue weighted by molar-refractivity contribution is 6.01. The zero-order valence-corrected chi connectivity index (χ0v) is 11.1. The minimum absolute atomic E-state index is 0.0896. The van der Waals surface area contributed by atoms with E-state index in [0.717, 1.165) is 0 Å². The molecule has 0 saturated heterocycles. The Bertz CT molecular complexity index is 389. The summed E-state index contributed by atoms with van der Waals surface area (Å²) in [6.45, 7) is 0.358. The molecule has 0 unspecified atom stereocenters. The van der Waals surface area contributed by atoms with Gasteiger partial charge < -0.3 is 18.9 Å². The zero-order valence-electron chi connectivity index (χ0n) is 11.1. The second kappa shape index (κ2) is 6.86. The quantitative estimate of drug-likeness (QED) is 0.696. The van der Waals surface area contributed by atoms with E-state index in [-0.39, 0.29) is 12.2 Å². The zero-order chi connectivity index (χ0) is 13.5. The van der Waals surface area contributed by atoms with E-state index in [2.05, 4.69) is 0 Å². The van der Waals surface area contributed by atoms with E-state index in [1.54, 1.807) is 26.4 Å². The largest absolute Gasteiger partial charge is 0.496 e. The fourth-order valence-corrected chi connectivity index (χ4v) is 1.60. The van der Waals surface area contributed by atoms with Crippen molar-refractivity contribution in [1.82, 2.24) is 0 Å². The summed E-state index contributed by atoms with van der Waals surface area (Å²) >= 11 is 0. The minimum atomic E-state index is -0.0896. The normalized spacial score (nSPS) is 10.0. The Morgan fingerprint density at radius 3 is 1.94 bits per heavy atom. The number of rotatable bonds is 7. The fraction of sp³-hybridized carbons (Fsp3) is 0.462. The summed E-state index contributed by atoms with van der Waals surface area (Å²) < 4.78 is 20.4. The van der Waals surface area contributed by atoms with Gasteiger partial charge >= 0.3 is 0 Å². The molecule has 5 heteroatoms. The predicted octanol–water partition coefficient (Wildman–Crippen LogP) is 1.93. The first-order chi connectivity index (χ1) is 8.67. The smallest absolute Gasteiger partial charge is 0.172 e. The molecule has 0 spiro atoms. The van der Waals surface area contributed by atoms with Crippen LogP contribution >= 0.6 is 0 Å². The van der Waals surface area contributed by atoms with Crippen molar-refractivity contribution in [3.8, 4) is 17.2 Å². The van der Waals surface area contributed by atoms with Crippen LogP contribution in [0.1, 0.15) is 16.8 Å². The molecule has 0 amide bonds. The van der Waals surface area contributed by atoms with E-state index in [1.165, 1.54) is 14.2 Å². The number of carbonyl (C=O) groups is 1. The third-order valence-corrected chi connectivity index (χ3v) is 2.53. The van der Waals surface area contributed by atoms with Gasteiger partial charge in [0.2, 0.25) is 0 Å². The van der Waals surface area contributed by atoms with Crippen molar-refractivity contribution in [3.05, 3.63) is 17.7 Å². The SMILES string of the molecule is COCCC(=O)c1c(OC)cc(OC)cc1OC. The Balaban J connectivity index is 3.18. The van der Waals surface area contributed by atoms with Gasteiger partial charge in [-0.1, -0.05) is 0 Å². The topological polar surface area (TPSA) is 54.0 Å². The molecule has 0 N–H and O–H groups in total. The Labute approximate surface area is 107 Å². The van der Waals surface area contributed by atoms with Crippen LogP contribution < -0.4 is 14.2 Å². The number of Topliss-reactive ketones (excluding diaryl/α,β-unsaturated/α-hetero) is 1. The fourth-order valence-electron chi connectivity index (χ4n) is 1.60. The highest BCUT2D eigenvalue weighted by Crippen LogP contribution is 2.34. The van der Waals surface area contributed by atoms with Crippen LogP contribution in [0.4, 0.5) is 0 Å². The summed E-state index contributed by atoms with van der Waals surface area (Å²) in [5.74, 6) is 1.36. The summed E-state index contributed by atoms with van der Waals surface area (Å²) in [5.41, 5.74) is 0.415. The van der Waals surface area contributed by atoms with E-state index in [9.17, 15) is 4.79 Å². The van der Waals surface area contributed by atoms with Gasteiger partial charge in [-0.2, -0.15) is 0 Å². The number of ketones is 1. The third-order valence-electron chi connectivity index (χ3n) is 2.53. The summed E-state index contributed by atoms with van der Waals surface area (Å²) in [6, 6.07) is 3.31. The average molecular weight is 254 g/mol. The molecule has 1 aromatic carbocycles. The summed E-state index contributed by atoms with van der Waals surface area (Å²) in [5, 5.41) is 0. The Kier molecular flexibility index (Phi) is 5.45. The van der Waals surface area contributed by atoms with Crippen molar-refractivity contribution in [2.75, 3.05) is 35.0 Å². The van der Waals surface area contributed by atoms with Crippen LogP contribution in [-0.4, -0.2) is 40.8 Å². The van der Waals surface area contributed by atoms with Crippen molar-refractivity contribution < 1.29 is 23.7 Å². The van der Waals surface area contributed by atoms with E-state index in [0.29, 0.717) is 29.4 Å². The monoisotopic (exact) mass is 254 g/mol. The number of benzene rings is 1. The van der Waals surface area contributed by atoms with Gasteiger partial charge in [0.1, 0.15) is 22.8 Å². The second-order valence-electron chi connectivity index (χ2n) is 3.57. The van der Waals surface area contributed by atoms with Crippen LogP contribution in [0.3, 0.4) is 0 Å². The molecule has 0 aliphatic carbocycles. The number of ether oxygens (including phenoxy) is 4. The maximum absolute atomic E-state index is 12.1. The second-order valence-corrected chi connectivity index (χ2v) is 3.57. The van der Waals surface area contributed by atoms with E-state index >= 15 is 0 Å². The van der Waals surface area contributed by atoms with Gasteiger partial charge in [0.05, 0.1) is 27.9 Å². The van der Waals surface area contributed by atoms with Crippen molar-refractivity contribution >= 4 is 5.78 Å². The first-order valence-electron chi connectivity index (χ1n) is 5.50. The van der Waals surface area contributed by atoms with Crippen molar-refractivity contribution in [1.29, 1.82) is 0 Å². The Morgan fingerprint density at radius 2 is 1.56 bits per heavy atom. The minimum Gasteiger partial charge on any atom is -0.496 e. The summed E-state index contributed by atoms with van der Waals surface area (Å²) in [7, 11) is 6.10. The lowest BCUT2D eigenvalue weighted by atomic mass is 10.1. The van der Waals surface area contributed by atoms with Gasteiger partial charge in [0.15, 0.2) is 5.78 Å². The third kappa shape index (κ3) is 3.13. The maximum atomic E-state index is 12.1. The van der Waals surface area contributed by atoms with Crippen molar-refractivity contribution in [2.24, 2.45) is 0 Å². The maximum Gasteiger partial charge on any atom is 0.172 e. The highest BCUT2D eigenvalue weighted by Gasteiger charge is 2.19. The Morgan fingerprint density at radius 1 is 1.00 bits per heavy atom. The van der Waals surface area contributed by atoms with Crippen LogP contribution in [0, 0.1) is 0 Å². The lowest BCUT2D eigenvalue weighted by Gasteiger charge is -2.14. The lowest BCUT2D eigenvalue weighted by Crippen LogP contribution is -2.08. The molecule has 0 fully saturated rings. The van der Waals surface area contributed by atoms with Crippen LogP contribution in [0.25, 0.3) is 0 Å². The number of carbonyl (C=O) groups excluding carboxylic acids is 1. The average Bonchev–Trinajstić information content (AvgIpc) is 2.42. The summed E-state index contributed by atoms with van der Waals surface area (Å²) in [6.07, 6.45) is 0.273. The predicted molar refractivity (Wildman–Crippen MR) is 66.9 cm³/mol. The molecular formula is C13H18O5. The van der Waals surface area contributed by atoms with Gasteiger partial charge in [-0.15, -0.1) is 0 Å². The number of hydrogen-bond acceptors (Lipinski definition) is 5. The molecule has 0 aliphatic heterocycles. The summed E-state index contributed by atoms with van der Waals surface area (Å²) in [4.78, 5) is 12.1. The van der Waals surface area contributed by atoms with Crippen LogP contribution in [-0.2, 0) is 4.74 Å².